The molecule has 0 aromatic rings. The molecule has 94 valence electrons. The fourth-order valence-corrected chi connectivity index (χ4v) is 2.65. The highest BCUT2D eigenvalue weighted by atomic mass is 16.7. The number of rotatable bonds is 3. The summed E-state index contributed by atoms with van der Waals surface area (Å²) in [5.41, 5.74) is 0.222. The first-order valence-electron chi connectivity index (χ1n) is 5.87. The van der Waals surface area contributed by atoms with Gasteiger partial charge in [-0.05, 0) is 30.6 Å². The second kappa shape index (κ2) is 5.53. The Hall–Kier alpha value is -0.770. The first kappa shape index (κ1) is 13.3. The molecule has 1 N–H and O–H groups in total. The molecule has 2 unspecified atom stereocenters. The quantitative estimate of drug-likeness (QED) is 0.756. The maximum atomic E-state index is 11.2. The van der Waals surface area contributed by atoms with E-state index in [4.69, 9.17) is 9.84 Å². The second-order valence-electron chi connectivity index (χ2n) is 5.48. The van der Waals surface area contributed by atoms with E-state index in [1.165, 1.54) is 6.42 Å². The van der Waals surface area contributed by atoms with E-state index in [1.54, 1.807) is 0 Å². The maximum absolute atomic E-state index is 11.2. The molecule has 0 heterocycles. The number of carbonyl (C=O) groups excluding carboxylic acids is 1. The van der Waals surface area contributed by atoms with Crippen LogP contribution in [0.4, 0.5) is 4.79 Å². The van der Waals surface area contributed by atoms with Crippen molar-refractivity contribution in [3.05, 3.63) is 0 Å². The summed E-state index contributed by atoms with van der Waals surface area (Å²) in [4.78, 5) is 11.2. The van der Waals surface area contributed by atoms with Crippen LogP contribution in [0.5, 0.6) is 0 Å². The van der Waals surface area contributed by atoms with Crippen molar-refractivity contribution in [1.82, 2.24) is 0 Å². The molecule has 0 saturated heterocycles. The highest BCUT2D eigenvalue weighted by Gasteiger charge is 2.34. The van der Waals surface area contributed by atoms with E-state index in [1.807, 2.05) is 0 Å². The monoisotopic (exact) mass is 230 g/mol. The Morgan fingerprint density at radius 1 is 1.44 bits per heavy atom. The molecule has 1 rings (SSSR count). The van der Waals surface area contributed by atoms with Crippen LogP contribution in [0.15, 0.2) is 0 Å². The van der Waals surface area contributed by atoms with Crippen LogP contribution in [0, 0.1) is 11.3 Å². The number of aliphatic hydroxyl groups is 1. The van der Waals surface area contributed by atoms with Gasteiger partial charge in [-0.15, -0.1) is 0 Å². The van der Waals surface area contributed by atoms with Gasteiger partial charge in [0.1, 0.15) is 12.7 Å². The van der Waals surface area contributed by atoms with Crippen molar-refractivity contribution in [3.63, 3.8) is 0 Å². The first-order valence-corrected chi connectivity index (χ1v) is 5.87. The van der Waals surface area contributed by atoms with Gasteiger partial charge in [0, 0.05) is 0 Å². The average molecular weight is 230 g/mol. The topological polar surface area (TPSA) is 55.8 Å². The van der Waals surface area contributed by atoms with E-state index in [0.717, 1.165) is 12.8 Å². The van der Waals surface area contributed by atoms with Gasteiger partial charge in [0.2, 0.25) is 0 Å². The Kier molecular flexibility index (Phi) is 4.59. The van der Waals surface area contributed by atoms with Gasteiger partial charge in [0.25, 0.3) is 0 Å². The molecule has 1 aliphatic rings. The molecule has 0 bridgehead atoms. The fraction of sp³-hybridized carbons (Fsp3) is 0.917. The number of hydrogen-bond donors (Lipinski definition) is 1. The molecule has 4 nitrogen and oxygen atoms in total. The number of ether oxygens (including phenoxy) is 2. The van der Waals surface area contributed by atoms with Crippen molar-refractivity contribution < 1.29 is 19.4 Å². The smallest absolute Gasteiger partial charge is 0.432 e. The standard InChI is InChI=1S/C12H22O4/c1-9-6-10(8-12(2,3)7-9)16-11(14)15-5-4-13/h9-10,13H,4-8H2,1-3H3. The summed E-state index contributed by atoms with van der Waals surface area (Å²) < 4.78 is 9.91. The van der Waals surface area contributed by atoms with Crippen molar-refractivity contribution in [3.8, 4) is 0 Å². The zero-order valence-corrected chi connectivity index (χ0v) is 10.4. The Bertz CT molecular complexity index is 237. The molecular weight excluding hydrogens is 208 g/mol. The normalized spacial score (nSPS) is 28.5. The van der Waals surface area contributed by atoms with Gasteiger partial charge < -0.3 is 14.6 Å². The predicted molar refractivity (Wildman–Crippen MR) is 60.1 cm³/mol. The van der Waals surface area contributed by atoms with Crippen LogP contribution in [-0.2, 0) is 9.47 Å². The number of aliphatic hydroxyl groups excluding tert-OH is 1. The van der Waals surface area contributed by atoms with Crippen molar-refractivity contribution in [2.45, 2.75) is 46.1 Å². The molecule has 1 saturated carbocycles. The highest BCUT2D eigenvalue weighted by molar-refractivity contribution is 5.60. The molecule has 4 heteroatoms. The molecule has 0 spiro atoms. The molecule has 0 amide bonds. The molecule has 0 radical (unpaired) electrons. The van der Waals surface area contributed by atoms with E-state index in [0.29, 0.717) is 5.92 Å². The minimum atomic E-state index is -0.663. The van der Waals surface area contributed by atoms with Gasteiger partial charge in [-0.2, -0.15) is 0 Å². The van der Waals surface area contributed by atoms with Gasteiger partial charge in [-0.1, -0.05) is 20.8 Å². The van der Waals surface area contributed by atoms with Gasteiger partial charge in [-0.25, -0.2) is 4.79 Å². The summed E-state index contributed by atoms with van der Waals surface area (Å²) in [6.07, 6.45) is 2.23. The van der Waals surface area contributed by atoms with Crippen LogP contribution < -0.4 is 0 Å². The summed E-state index contributed by atoms with van der Waals surface area (Å²) in [5.74, 6) is 0.569. The number of carbonyl (C=O) groups is 1. The lowest BCUT2D eigenvalue weighted by Gasteiger charge is -2.38. The Morgan fingerprint density at radius 3 is 2.69 bits per heavy atom. The highest BCUT2D eigenvalue weighted by Crippen LogP contribution is 2.39. The lowest BCUT2D eigenvalue weighted by Crippen LogP contribution is -2.34. The van der Waals surface area contributed by atoms with Crippen molar-refractivity contribution in [1.29, 1.82) is 0 Å². The lowest BCUT2D eigenvalue weighted by atomic mass is 9.71. The average Bonchev–Trinajstić information content (AvgIpc) is 2.11. The summed E-state index contributed by atoms with van der Waals surface area (Å²) >= 11 is 0. The third kappa shape index (κ3) is 4.39. The first-order chi connectivity index (χ1) is 7.43. The van der Waals surface area contributed by atoms with E-state index in [2.05, 4.69) is 25.5 Å². The van der Waals surface area contributed by atoms with Crippen molar-refractivity contribution in [2.75, 3.05) is 13.2 Å². The largest absolute Gasteiger partial charge is 0.508 e. The van der Waals surface area contributed by atoms with Crippen molar-refractivity contribution >= 4 is 6.16 Å². The zero-order chi connectivity index (χ0) is 12.2. The van der Waals surface area contributed by atoms with E-state index in [-0.39, 0.29) is 24.7 Å². The Morgan fingerprint density at radius 2 is 2.12 bits per heavy atom. The SMILES string of the molecule is CC1CC(OC(=O)OCCO)CC(C)(C)C1. The van der Waals surface area contributed by atoms with E-state index < -0.39 is 6.16 Å². The third-order valence-corrected chi connectivity index (χ3v) is 2.92. The summed E-state index contributed by atoms with van der Waals surface area (Å²) in [7, 11) is 0. The van der Waals surface area contributed by atoms with E-state index >= 15 is 0 Å². The molecule has 1 fully saturated rings. The van der Waals surface area contributed by atoms with Crippen molar-refractivity contribution in [2.24, 2.45) is 11.3 Å². The molecule has 2 atom stereocenters. The van der Waals surface area contributed by atoms with Gasteiger partial charge in [-0.3, -0.25) is 0 Å². The Balaban J connectivity index is 2.39. The summed E-state index contributed by atoms with van der Waals surface area (Å²) in [6.45, 7) is 6.40. The van der Waals surface area contributed by atoms with Crippen LogP contribution in [0.2, 0.25) is 0 Å². The van der Waals surface area contributed by atoms with Gasteiger partial charge in [0.05, 0.1) is 6.61 Å². The summed E-state index contributed by atoms with van der Waals surface area (Å²) in [6, 6.07) is 0. The predicted octanol–water partition coefficient (Wildman–Crippen LogP) is 2.35. The van der Waals surface area contributed by atoms with Crippen LogP contribution in [0.25, 0.3) is 0 Å². The number of hydrogen-bond acceptors (Lipinski definition) is 4. The van der Waals surface area contributed by atoms with Gasteiger partial charge in [0.15, 0.2) is 0 Å². The minimum Gasteiger partial charge on any atom is -0.432 e. The van der Waals surface area contributed by atoms with Crippen LogP contribution in [-0.4, -0.2) is 30.6 Å². The molecule has 0 aliphatic heterocycles. The second-order valence-corrected chi connectivity index (χ2v) is 5.48. The molecular formula is C12H22O4. The van der Waals surface area contributed by atoms with Gasteiger partial charge >= 0.3 is 6.16 Å². The minimum absolute atomic E-state index is 0.00446. The third-order valence-electron chi connectivity index (χ3n) is 2.92. The fourth-order valence-electron chi connectivity index (χ4n) is 2.65. The molecule has 16 heavy (non-hydrogen) atoms. The maximum Gasteiger partial charge on any atom is 0.508 e. The van der Waals surface area contributed by atoms with Crippen LogP contribution in [0.1, 0.15) is 40.0 Å². The molecule has 0 aromatic carbocycles. The van der Waals surface area contributed by atoms with Crippen LogP contribution in [0.3, 0.4) is 0 Å². The molecule has 1 aliphatic carbocycles. The zero-order valence-electron chi connectivity index (χ0n) is 10.4. The lowest BCUT2D eigenvalue weighted by molar-refractivity contribution is -0.0241. The van der Waals surface area contributed by atoms with Crippen LogP contribution >= 0.6 is 0 Å². The molecule has 0 aromatic heterocycles. The van der Waals surface area contributed by atoms with E-state index in [9.17, 15) is 4.79 Å². The summed E-state index contributed by atoms with van der Waals surface area (Å²) in [5, 5.41) is 8.51. The Labute approximate surface area is 96.9 Å².